The summed E-state index contributed by atoms with van der Waals surface area (Å²) in [6.45, 7) is 0. The number of nitrogens with zero attached hydrogens (tertiary/aromatic N) is 1. The Hall–Kier alpha value is -1.62. The molecule has 1 aromatic carbocycles. The number of halogens is 2. The van der Waals surface area contributed by atoms with Gasteiger partial charge in [0, 0.05) is 29.7 Å². The van der Waals surface area contributed by atoms with Gasteiger partial charge >= 0.3 is 0 Å². The standard InChI is InChI=1S/C16H17N3O.2ClH/c17-15-3-1-2-11-10-12(4-5-14(11)15)16(20)19-13-6-8-18-9-7-13;;/h4-10,15H,1-3,17H2,(H,18,19,20);2*1H. The summed E-state index contributed by atoms with van der Waals surface area (Å²) in [5.41, 5.74) is 9.89. The van der Waals surface area contributed by atoms with Crippen LogP contribution in [0.1, 0.15) is 40.4 Å². The van der Waals surface area contributed by atoms with Crippen molar-refractivity contribution in [2.24, 2.45) is 5.73 Å². The van der Waals surface area contributed by atoms with E-state index < -0.39 is 0 Å². The number of anilines is 1. The van der Waals surface area contributed by atoms with Crippen molar-refractivity contribution in [1.82, 2.24) is 4.98 Å². The Labute approximate surface area is 142 Å². The number of carbonyl (C=O) groups is 1. The van der Waals surface area contributed by atoms with Gasteiger partial charge in [-0.05, 0) is 54.7 Å². The molecule has 118 valence electrons. The van der Waals surface area contributed by atoms with E-state index in [0.717, 1.165) is 24.9 Å². The van der Waals surface area contributed by atoms with Gasteiger partial charge in [-0.1, -0.05) is 6.07 Å². The van der Waals surface area contributed by atoms with E-state index in [9.17, 15) is 4.79 Å². The van der Waals surface area contributed by atoms with Gasteiger partial charge in [-0.2, -0.15) is 0 Å². The molecule has 2 aromatic rings. The third kappa shape index (κ3) is 3.97. The highest BCUT2D eigenvalue weighted by atomic mass is 35.5. The molecule has 0 spiro atoms. The molecule has 1 aromatic heterocycles. The van der Waals surface area contributed by atoms with Crippen LogP contribution in [0.25, 0.3) is 0 Å². The lowest BCUT2D eigenvalue weighted by molar-refractivity contribution is 0.102. The topological polar surface area (TPSA) is 68.0 Å². The average Bonchev–Trinajstić information content (AvgIpc) is 2.48. The first-order valence-electron chi connectivity index (χ1n) is 6.84. The average molecular weight is 340 g/mol. The van der Waals surface area contributed by atoms with Gasteiger partial charge in [-0.25, -0.2) is 0 Å². The predicted octanol–water partition coefficient (Wildman–Crippen LogP) is 3.51. The van der Waals surface area contributed by atoms with E-state index in [-0.39, 0.29) is 36.8 Å². The molecule has 0 bridgehead atoms. The third-order valence-electron chi connectivity index (χ3n) is 3.70. The summed E-state index contributed by atoms with van der Waals surface area (Å²) >= 11 is 0. The predicted molar refractivity (Wildman–Crippen MR) is 93.0 cm³/mol. The van der Waals surface area contributed by atoms with E-state index >= 15 is 0 Å². The highest BCUT2D eigenvalue weighted by Crippen LogP contribution is 2.28. The van der Waals surface area contributed by atoms with Crippen LogP contribution < -0.4 is 11.1 Å². The maximum atomic E-state index is 12.2. The molecule has 0 saturated heterocycles. The Morgan fingerprint density at radius 1 is 1.18 bits per heavy atom. The molecule has 3 N–H and O–H groups in total. The van der Waals surface area contributed by atoms with Gasteiger partial charge in [0.25, 0.3) is 5.91 Å². The fourth-order valence-corrected chi connectivity index (χ4v) is 2.63. The van der Waals surface area contributed by atoms with Crippen molar-refractivity contribution < 1.29 is 4.79 Å². The number of pyridine rings is 1. The second-order valence-electron chi connectivity index (χ2n) is 5.10. The van der Waals surface area contributed by atoms with E-state index in [1.807, 2.05) is 18.2 Å². The van der Waals surface area contributed by atoms with Crippen LogP contribution in [-0.4, -0.2) is 10.9 Å². The quantitative estimate of drug-likeness (QED) is 0.879. The van der Waals surface area contributed by atoms with Gasteiger partial charge in [0.1, 0.15) is 0 Å². The van der Waals surface area contributed by atoms with Gasteiger partial charge in [0.2, 0.25) is 0 Å². The van der Waals surface area contributed by atoms with Crippen molar-refractivity contribution in [3.63, 3.8) is 0 Å². The van der Waals surface area contributed by atoms with Crippen LogP contribution in [0.4, 0.5) is 5.69 Å². The highest BCUT2D eigenvalue weighted by molar-refractivity contribution is 6.04. The van der Waals surface area contributed by atoms with Crippen LogP contribution in [0.2, 0.25) is 0 Å². The maximum absolute atomic E-state index is 12.2. The van der Waals surface area contributed by atoms with Crippen molar-refractivity contribution in [1.29, 1.82) is 0 Å². The van der Waals surface area contributed by atoms with Gasteiger partial charge in [0.15, 0.2) is 0 Å². The Morgan fingerprint density at radius 2 is 1.91 bits per heavy atom. The zero-order valence-electron chi connectivity index (χ0n) is 12.0. The summed E-state index contributed by atoms with van der Waals surface area (Å²) in [6, 6.07) is 9.45. The Morgan fingerprint density at radius 3 is 2.64 bits per heavy atom. The Balaban J connectivity index is 0.00000121. The molecule has 1 aliphatic carbocycles. The Bertz CT molecular complexity index is 635. The lowest BCUT2D eigenvalue weighted by atomic mass is 9.87. The van der Waals surface area contributed by atoms with Crippen molar-refractivity contribution >= 4 is 36.4 Å². The molecule has 6 heteroatoms. The number of aryl methyl sites for hydroxylation is 1. The lowest BCUT2D eigenvalue weighted by Gasteiger charge is -2.22. The summed E-state index contributed by atoms with van der Waals surface area (Å²) in [4.78, 5) is 16.1. The first-order valence-corrected chi connectivity index (χ1v) is 6.84. The van der Waals surface area contributed by atoms with Crippen LogP contribution in [-0.2, 0) is 6.42 Å². The van der Waals surface area contributed by atoms with E-state index in [1.54, 1.807) is 24.5 Å². The largest absolute Gasteiger partial charge is 0.324 e. The number of hydrogen-bond acceptors (Lipinski definition) is 3. The lowest BCUT2D eigenvalue weighted by Crippen LogP contribution is -2.19. The van der Waals surface area contributed by atoms with E-state index in [0.29, 0.717) is 5.56 Å². The summed E-state index contributed by atoms with van der Waals surface area (Å²) < 4.78 is 0. The normalized spacial score (nSPS) is 15.8. The highest BCUT2D eigenvalue weighted by Gasteiger charge is 2.18. The first kappa shape index (κ1) is 18.4. The van der Waals surface area contributed by atoms with Crippen LogP contribution >= 0.6 is 24.8 Å². The van der Waals surface area contributed by atoms with Crippen molar-refractivity contribution in [2.75, 3.05) is 5.32 Å². The zero-order chi connectivity index (χ0) is 13.9. The number of nitrogens with one attached hydrogen (secondary N) is 1. The number of aromatic nitrogens is 1. The smallest absolute Gasteiger partial charge is 0.255 e. The van der Waals surface area contributed by atoms with Gasteiger partial charge < -0.3 is 11.1 Å². The number of amides is 1. The SMILES string of the molecule is Cl.Cl.NC1CCCc2cc(C(=O)Nc3ccncc3)ccc21. The molecular formula is C16H19Cl2N3O. The minimum absolute atomic E-state index is 0. The van der Waals surface area contributed by atoms with Crippen LogP contribution in [0, 0.1) is 0 Å². The van der Waals surface area contributed by atoms with E-state index in [2.05, 4.69) is 10.3 Å². The van der Waals surface area contributed by atoms with E-state index in [4.69, 9.17) is 5.73 Å². The zero-order valence-corrected chi connectivity index (χ0v) is 13.6. The maximum Gasteiger partial charge on any atom is 0.255 e. The monoisotopic (exact) mass is 339 g/mol. The molecule has 0 fully saturated rings. The summed E-state index contributed by atoms with van der Waals surface area (Å²) in [5, 5.41) is 2.87. The molecule has 1 unspecified atom stereocenters. The molecule has 0 aliphatic heterocycles. The molecule has 0 radical (unpaired) electrons. The summed E-state index contributed by atoms with van der Waals surface area (Å²) in [6.07, 6.45) is 6.42. The van der Waals surface area contributed by atoms with Crippen LogP contribution in [0.5, 0.6) is 0 Å². The first-order chi connectivity index (χ1) is 9.74. The van der Waals surface area contributed by atoms with Crippen LogP contribution in [0.3, 0.4) is 0 Å². The van der Waals surface area contributed by atoms with Crippen molar-refractivity contribution in [3.8, 4) is 0 Å². The number of fused-ring (bicyclic) bond motifs is 1. The van der Waals surface area contributed by atoms with Gasteiger partial charge in [0.05, 0.1) is 0 Å². The van der Waals surface area contributed by atoms with Crippen molar-refractivity contribution in [3.05, 3.63) is 59.4 Å². The molecule has 1 heterocycles. The van der Waals surface area contributed by atoms with Crippen molar-refractivity contribution in [2.45, 2.75) is 25.3 Å². The molecular weight excluding hydrogens is 321 g/mol. The second-order valence-corrected chi connectivity index (χ2v) is 5.10. The molecule has 1 aliphatic rings. The number of benzene rings is 1. The Kier molecular flexibility index (Phi) is 6.81. The van der Waals surface area contributed by atoms with Crippen LogP contribution in [0.15, 0.2) is 42.7 Å². The van der Waals surface area contributed by atoms with E-state index in [1.165, 1.54) is 11.1 Å². The molecule has 4 nitrogen and oxygen atoms in total. The summed E-state index contributed by atoms with van der Waals surface area (Å²) in [7, 11) is 0. The molecule has 22 heavy (non-hydrogen) atoms. The minimum Gasteiger partial charge on any atom is -0.324 e. The fraction of sp³-hybridized carbons (Fsp3) is 0.250. The molecule has 1 atom stereocenters. The fourth-order valence-electron chi connectivity index (χ4n) is 2.63. The second kappa shape index (κ2) is 8.13. The number of carbonyl (C=O) groups excluding carboxylic acids is 1. The molecule has 3 rings (SSSR count). The van der Waals surface area contributed by atoms with Gasteiger partial charge in [-0.3, -0.25) is 9.78 Å². The summed E-state index contributed by atoms with van der Waals surface area (Å²) in [5.74, 6) is -0.0989. The number of nitrogens with two attached hydrogens (primary N) is 1. The molecule has 0 saturated carbocycles. The number of rotatable bonds is 2. The minimum atomic E-state index is -0.0989. The number of hydrogen-bond donors (Lipinski definition) is 2. The van der Waals surface area contributed by atoms with Gasteiger partial charge in [-0.15, -0.1) is 24.8 Å². The third-order valence-corrected chi connectivity index (χ3v) is 3.70. The molecule has 1 amide bonds.